The van der Waals surface area contributed by atoms with Gasteiger partial charge in [-0.25, -0.2) is 0 Å². The molecule has 116 valence electrons. The molecule has 1 aromatic rings. The minimum absolute atomic E-state index is 0.0331. The van der Waals surface area contributed by atoms with E-state index < -0.39 is 17.7 Å². The number of amides is 1. The summed E-state index contributed by atoms with van der Waals surface area (Å²) in [6.07, 6.45) is 1.83. The summed E-state index contributed by atoms with van der Waals surface area (Å²) in [7, 11) is 0. The zero-order valence-electron chi connectivity index (χ0n) is 12.5. The van der Waals surface area contributed by atoms with Gasteiger partial charge in [0.15, 0.2) is 11.5 Å². The third-order valence-corrected chi connectivity index (χ3v) is 4.22. The zero-order valence-corrected chi connectivity index (χ0v) is 12.5. The van der Waals surface area contributed by atoms with Gasteiger partial charge in [0, 0.05) is 13.2 Å². The van der Waals surface area contributed by atoms with Crippen molar-refractivity contribution in [2.45, 2.75) is 31.9 Å². The molecule has 2 heterocycles. The maximum Gasteiger partial charge on any atom is 0.290 e. The topological polar surface area (TPSA) is 66.8 Å². The minimum Gasteiger partial charge on any atom is -0.503 e. The Morgan fingerprint density at radius 3 is 2.68 bits per heavy atom. The highest BCUT2D eigenvalue weighted by Crippen LogP contribution is 2.38. The number of carbonyl (C=O) groups excluding carboxylic acids is 2. The monoisotopic (exact) mass is 301 g/mol. The SMILES string of the molecule is CC(=O)C1=C(O)C(=O)N(C[C@H]2CCCO2)[C@H]1c1ccccc1. The van der Waals surface area contributed by atoms with Crippen LogP contribution in [0.5, 0.6) is 0 Å². The molecule has 0 saturated carbocycles. The van der Waals surface area contributed by atoms with Gasteiger partial charge in [-0.05, 0) is 25.3 Å². The first-order chi connectivity index (χ1) is 10.6. The summed E-state index contributed by atoms with van der Waals surface area (Å²) in [6, 6.07) is 8.79. The molecule has 0 radical (unpaired) electrons. The van der Waals surface area contributed by atoms with E-state index in [0.29, 0.717) is 13.2 Å². The Hall–Kier alpha value is -2.14. The van der Waals surface area contributed by atoms with Crippen LogP contribution in [-0.2, 0) is 14.3 Å². The van der Waals surface area contributed by atoms with E-state index in [4.69, 9.17) is 4.74 Å². The summed E-state index contributed by atoms with van der Waals surface area (Å²) in [4.78, 5) is 25.9. The van der Waals surface area contributed by atoms with Crippen LogP contribution in [0.3, 0.4) is 0 Å². The first kappa shape index (κ1) is 14.8. The standard InChI is InChI=1S/C17H19NO4/c1-11(19)14-15(12-6-3-2-4-7-12)18(17(21)16(14)20)10-13-8-5-9-22-13/h2-4,6-7,13,15,20H,5,8-10H2,1H3/t13-,15+/m1/s1. The molecule has 1 N–H and O–H groups in total. The summed E-state index contributed by atoms with van der Waals surface area (Å²) >= 11 is 0. The number of hydrogen-bond acceptors (Lipinski definition) is 4. The molecular formula is C17H19NO4. The average Bonchev–Trinajstić information content (AvgIpc) is 3.10. The van der Waals surface area contributed by atoms with Crippen LogP contribution in [0.25, 0.3) is 0 Å². The minimum atomic E-state index is -0.532. The number of aliphatic hydroxyl groups excluding tert-OH is 1. The van der Waals surface area contributed by atoms with Crippen molar-refractivity contribution in [3.05, 3.63) is 47.2 Å². The van der Waals surface area contributed by atoms with E-state index in [0.717, 1.165) is 18.4 Å². The van der Waals surface area contributed by atoms with Crippen molar-refractivity contribution in [2.75, 3.05) is 13.2 Å². The fraction of sp³-hybridized carbons (Fsp3) is 0.412. The van der Waals surface area contributed by atoms with E-state index in [1.165, 1.54) is 6.92 Å². The van der Waals surface area contributed by atoms with Gasteiger partial charge in [-0.3, -0.25) is 9.59 Å². The van der Waals surface area contributed by atoms with Gasteiger partial charge in [0.25, 0.3) is 5.91 Å². The Labute approximate surface area is 129 Å². The molecule has 0 aliphatic carbocycles. The Morgan fingerprint density at radius 1 is 1.36 bits per heavy atom. The van der Waals surface area contributed by atoms with Crippen LogP contribution in [0.4, 0.5) is 0 Å². The second-order valence-corrected chi connectivity index (χ2v) is 5.72. The van der Waals surface area contributed by atoms with Crippen LogP contribution in [0, 0.1) is 0 Å². The molecule has 3 rings (SSSR count). The Balaban J connectivity index is 1.97. The van der Waals surface area contributed by atoms with Crippen molar-refractivity contribution in [1.82, 2.24) is 4.90 Å². The Kier molecular flexibility index (Phi) is 3.98. The second-order valence-electron chi connectivity index (χ2n) is 5.72. The predicted octanol–water partition coefficient (Wildman–Crippen LogP) is 2.15. The van der Waals surface area contributed by atoms with Crippen molar-refractivity contribution >= 4 is 11.7 Å². The highest BCUT2D eigenvalue weighted by atomic mass is 16.5. The number of Topliss-reactive ketones (excluding diaryl/α,β-unsaturated/α-hetero) is 1. The quantitative estimate of drug-likeness (QED) is 0.925. The number of ether oxygens (including phenoxy) is 1. The zero-order chi connectivity index (χ0) is 15.7. The van der Waals surface area contributed by atoms with Crippen molar-refractivity contribution in [3.8, 4) is 0 Å². The summed E-state index contributed by atoms with van der Waals surface area (Å²) < 4.78 is 5.60. The van der Waals surface area contributed by atoms with Crippen molar-refractivity contribution in [3.63, 3.8) is 0 Å². The number of aliphatic hydroxyl groups is 1. The molecule has 2 aliphatic rings. The van der Waals surface area contributed by atoms with Crippen LogP contribution in [0.2, 0.25) is 0 Å². The van der Waals surface area contributed by atoms with Crippen molar-refractivity contribution in [1.29, 1.82) is 0 Å². The number of hydrogen-bond donors (Lipinski definition) is 1. The van der Waals surface area contributed by atoms with E-state index in [-0.39, 0.29) is 17.5 Å². The molecule has 0 unspecified atom stereocenters. The first-order valence-corrected chi connectivity index (χ1v) is 7.51. The van der Waals surface area contributed by atoms with E-state index >= 15 is 0 Å². The van der Waals surface area contributed by atoms with Crippen LogP contribution < -0.4 is 0 Å². The summed E-state index contributed by atoms with van der Waals surface area (Å²) in [5.41, 5.74) is 0.997. The maximum atomic E-state index is 12.4. The number of benzene rings is 1. The fourth-order valence-corrected chi connectivity index (χ4v) is 3.19. The van der Waals surface area contributed by atoms with Gasteiger partial charge in [0.05, 0.1) is 17.7 Å². The molecule has 1 amide bonds. The molecule has 1 aromatic carbocycles. The van der Waals surface area contributed by atoms with Gasteiger partial charge < -0.3 is 14.7 Å². The molecular weight excluding hydrogens is 282 g/mol. The largest absolute Gasteiger partial charge is 0.503 e. The van der Waals surface area contributed by atoms with Gasteiger partial charge in [0.2, 0.25) is 0 Å². The van der Waals surface area contributed by atoms with Gasteiger partial charge >= 0.3 is 0 Å². The molecule has 0 spiro atoms. The van der Waals surface area contributed by atoms with Gasteiger partial charge in [-0.2, -0.15) is 0 Å². The number of ketones is 1. The lowest BCUT2D eigenvalue weighted by molar-refractivity contribution is -0.131. The molecule has 2 aliphatic heterocycles. The predicted molar refractivity (Wildman–Crippen MR) is 80.2 cm³/mol. The Morgan fingerprint density at radius 2 is 2.09 bits per heavy atom. The molecule has 22 heavy (non-hydrogen) atoms. The highest BCUT2D eigenvalue weighted by Gasteiger charge is 2.43. The van der Waals surface area contributed by atoms with Crippen LogP contribution in [0.15, 0.2) is 41.7 Å². The van der Waals surface area contributed by atoms with Crippen LogP contribution in [0.1, 0.15) is 31.4 Å². The summed E-state index contributed by atoms with van der Waals surface area (Å²) in [5.74, 6) is -1.21. The lowest BCUT2D eigenvalue weighted by atomic mass is 9.96. The molecule has 1 fully saturated rings. The van der Waals surface area contributed by atoms with Gasteiger partial charge in [-0.1, -0.05) is 30.3 Å². The number of carbonyl (C=O) groups is 2. The summed E-state index contributed by atoms with van der Waals surface area (Å²) in [5, 5.41) is 10.1. The fourth-order valence-electron chi connectivity index (χ4n) is 3.19. The van der Waals surface area contributed by atoms with Gasteiger partial charge in [0.1, 0.15) is 0 Å². The molecule has 2 atom stereocenters. The Bertz CT molecular complexity index is 617. The number of rotatable bonds is 4. The smallest absolute Gasteiger partial charge is 0.290 e. The third-order valence-electron chi connectivity index (χ3n) is 4.22. The second kappa shape index (κ2) is 5.93. The molecule has 5 heteroatoms. The van der Waals surface area contributed by atoms with E-state index in [1.54, 1.807) is 4.90 Å². The number of nitrogens with zero attached hydrogens (tertiary/aromatic N) is 1. The van der Waals surface area contributed by atoms with E-state index in [1.807, 2.05) is 30.3 Å². The average molecular weight is 301 g/mol. The lowest BCUT2D eigenvalue weighted by Gasteiger charge is -2.28. The normalized spacial score (nSPS) is 25.1. The molecule has 0 aromatic heterocycles. The molecule has 0 bridgehead atoms. The first-order valence-electron chi connectivity index (χ1n) is 7.51. The summed E-state index contributed by atoms with van der Waals surface area (Å²) in [6.45, 7) is 2.46. The molecule has 1 saturated heterocycles. The van der Waals surface area contributed by atoms with Crippen molar-refractivity contribution in [2.24, 2.45) is 0 Å². The van der Waals surface area contributed by atoms with Crippen molar-refractivity contribution < 1.29 is 19.4 Å². The molecule has 5 nitrogen and oxygen atoms in total. The maximum absolute atomic E-state index is 12.4. The van der Waals surface area contributed by atoms with Crippen LogP contribution >= 0.6 is 0 Å². The lowest BCUT2D eigenvalue weighted by Crippen LogP contribution is -2.37. The van der Waals surface area contributed by atoms with Gasteiger partial charge in [-0.15, -0.1) is 0 Å². The van der Waals surface area contributed by atoms with Crippen LogP contribution in [-0.4, -0.2) is 41.0 Å². The highest BCUT2D eigenvalue weighted by molar-refractivity contribution is 6.08. The third kappa shape index (κ3) is 2.52. The van der Waals surface area contributed by atoms with E-state index in [2.05, 4.69) is 0 Å². The van der Waals surface area contributed by atoms with E-state index in [9.17, 15) is 14.7 Å².